The summed E-state index contributed by atoms with van der Waals surface area (Å²) in [5.74, 6) is -9.85. The first kappa shape index (κ1) is 77.1. The van der Waals surface area contributed by atoms with Gasteiger partial charge in [0.2, 0.25) is 59.1 Å². The first-order valence-electron chi connectivity index (χ1n) is 35.5. The first-order valence-corrected chi connectivity index (χ1v) is 35.5. The lowest BCUT2D eigenvalue weighted by Gasteiger charge is -2.38. The summed E-state index contributed by atoms with van der Waals surface area (Å²) >= 11 is 0. The lowest BCUT2D eigenvalue weighted by Crippen LogP contribution is -2.61. The lowest BCUT2D eigenvalue weighted by molar-refractivity contribution is -0.146. The Morgan fingerprint density at radius 1 is 0.481 bits per heavy atom. The molecule has 3 saturated heterocycles. The highest BCUT2D eigenvalue weighted by Gasteiger charge is 2.42. The minimum absolute atomic E-state index is 0.0156. The standard InChI is InChI=1S/C76H94N14O14/c1-9-87-43-63(93)85(7)67(47(3)4)73(99)77-39-55(83-71(97)65-59(103-45-49-25-13-11-14-26-49)37-51-29-17-19-31-53(51)81-65)76(102)90-36-24-22-34-58(90)70(96)80-42-62(92)88(10-2)44-64(94)86(8)68(48(5)6)74(100)78-40-56(75(101)89-35-23-21-33-57(89)69(95)79-41-61(87)91)84-72(98)66-60(104-46-50-27-15-12-16-28-50)38-52-30-18-20-32-54(52)82-66/h11-20,25-32,37-38,47-48,55-58,67-68H,9-10,21-24,33-36,39-46H2,1-8H3,(H,77,99)(H,78,100)(H,79,95)(H,80,96)(H,83,97)(H,84,98)/t55-,56-,57+,58+,67+,68+/m1/s1. The van der Waals surface area contributed by atoms with Gasteiger partial charge in [0.05, 0.1) is 37.2 Å². The van der Waals surface area contributed by atoms with Crippen molar-refractivity contribution in [3.8, 4) is 11.5 Å². The summed E-state index contributed by atoms with van der Waals surface area (Å²) in [6.45, 7) is 6.70. The molecule has 0 aliphatic carbocycles. The molecular weight excluding hydrogens is 1330 g/mol. The van der Waals surface area contributed by atoms with Crippen LogP contribution >= 0.6 is 0 Å². The molecule has 3 aliphatic heterocycles. The van der Waals surface area contributed by atoms with Gasteiger partial charge in [-0.15, -0.1) is 0 Å². The molecule has 6 N–H and O–H groups in total. The third-order valence-corrected chi connectivity index (χ3v) is 19.0. The summed E-state index contributed by atoms with van der Waals surface area (Å²) in [4.78, 5) is 192. The van der Waals surface area contributed by atoms with E-state index < -0.39 is 158 Å². The van der Waals surface area contributed by atoms with E-state index >= 15 is 9.59 Å². The fourth-order valence-corrected chi connectivity index (χ4v) is 13.3. The number of ether oxygens (including phenoxy) is 2. The van der Waals surface area contributed by atoms with E-state index in [4.69, 9.17) is 9.47 Å². The predicted octanol–water partition coefficient (Wildman–Crippen LogP) is 3.74. The minimum Gasteiger partial charge on any atom is -0.486 e. The minimum atomic E-state index is -1.59. The predicted molar refractivity (Wildman–Crippen MR) is 386 cm³/mol. The van der Waals surface area contributed by atoms with Gasteiger partial charge in [0, 0.05) is 64.1 Å². The number of aromatic nitrogens is 2. The van der Waals surface area contributed by atoms with Crippen molar-refractivity contribution in [3.63, 3.8) is 0 Å². The molecule has 6 aromatic rings. The molecule has 6 atom stereocenters. The average Bonchev–Trinajstić information content (AvgIpc) is 0.803. The molecule has 3 fully saturated rings. The van der Waals surface area contributed by atoms with E-state index in [1.807, 2.05) is 60.7 Å². The molecule has 0 saturated carbocycles. The van der Waals surface area contributed by atoms with Crippen LogP contribution in [0.1, 0.15) is 112 Å². The Balaban J connectivity index is 1.01. The molecule has 3 aliphatic rings. The number of hydrogen-bond donors (Lipinski definition) is 6. The molecule has 552 valence electrons. The van der Waals surface area contributed by atoms with Gasteiger partial charge in [-0.05, 0) is 99.6 Å². The van der Waals surface area contributed by atoms with Crippen LogP contribution in [0.3, 0.4) is 0 Å². The Bertz CT molecular complexity index is 3860. The van der Waals surface area contributed by atoms with Crippen molar-refractivity contribution >= 4 is 92.7 Å². The van der Waals surface area contributed by atoms with Gasteiger partial charge >= 0.3 is 0 Å². The molecule has 104 heavy (non-hydrogen) atoms. The van der Waals surface area contributed by atoms with E-state index in [1.165, 1.54) is 43.5 Å². The van der Waals surface area contributed by atoms with Crippen LogP contribution in [0.25, 0.3) is 21.8 Å². The van der Waals surface area contributed by atoms with Crippen molar-refractivity contribution in [1.82, 2.24) is 71.3 Å². The van der Waals surface area contributed by atoms with Crippen molar-refractivity contribution in [1.29, 1.82) is 0 Å². The van der Waals surface area contributed by atoms with Crippen LogP contribution in [0.2, 0.25) is 0 Å². The molecular formula is C76H94N14O14. The van der Waals surface area contributed by atoms with Gasteiger partial charge in [-0.2, -0.15) is 0 Å². The Morgan fingerprint density at radius 2 is 0.846 bits per heavy atom. The Morgan fingerprint density at radius 3 is 1.21 bits per heavy atom. The highest BCUT2D eigenvalue weighted by Crippen LogP contribution is 2.28. The molecule has 2 aromatic heterocycles. The highest BCUT2D eigenvalue weighted by atomic mass is 16.5. The zero-order valence-electron chi connectivity index (χ0n) is 60.2. The van der Waals surface area contributed by atoms with Crippen LogP contribution < -0.4 is 41.4 Å². The number of carbonyl (C=O) groups excluding carboxylic acids is 12. The van der Waals surface area contributed by atoms with Gasteiger partial charge in [-0.25, -0.2) is 9.97 Å². The molecule has 28 heteroatoms. The summed E-state index contributed by atoms with van der Waals surface area (Å²) in [5.41, 5.74) is 2.08. The van der Waals surface area contributed by atoms with Gasteiger partial charge < -0.3 is 70.8 Å². The summed E-state index contributed by atoms with van der Waals surface area (Å²) in [5, 5.41) is 17.8. The van der Waals surface area contributed by atoms with E-state index in [0.29, 0.717) is 47.5 Å². The third kappa shape index (κ3) is 19.4. The number of rotatable bonds is 14. The Kier molecular flexibility index (Phi) is 26.8. The fraction of sp³-hybridized carbons (Fsp3) is 0.447. The Labute approximate surface area is 604 Å². The van der Waals surface area contributed by atoms with Crippen molar-refractivity contribution in [2.75, 3.05) is 79.5 Å². The van der Waals surface area contributed by atoms with E-state index in [9.17, 15) is 47.9 Å². The first-order chi connectivity index (χ1) is 50.0. The van der Waals surface area contributed by atoms with E-state index in [0.717, 1.165) is 11.1 Å². The molecule has 4 aromatic carbocycles. The summed E-state index contributed by atoms with van der Waals surface area (Å²) in [7, 11) is 2.78. The number of likely N-dealkylation sites (N-methyl/N-ethyl adjacent to an activating group) is 4. The Hall–Kier alpha value is -11.1. The molecule has 0 spiro atoms. The molecule has 0 radical (unpaired) electrons. The van der Waals surface area contributed by atoms with Crippen molar-refractivity contribution in [2.24, 2.45) is 11.8 Å². The second kappa shape index (κ2) is 36.2. The summed E-state index contributed by atoms with van der Waals surface area (Å²) in [6.07, 6.45) is 2.14. The normalized spacial score (nSPS) is 21.1. The number of fused-ring (bicyclic) bond motifs is 4. The number of piperidine rings is 2. The number of amides is 12. The lowest BCUT2D eigenvalue weighted by atomic mass is 9.99. The second-order valence-electron chi connectivity index (χ2n) is 26.9. The third-order valence-electron chi connectivity index (χ3n) is 19.0. The zero-order chi connectivity index (χ0) is 74.7. The van der Waals surface area contributed by atoms with Gasteiger partial charge in [-0.1, -0.05) is 125 Å². The number of hydrogen-bond acceptors (Lipinski definition) is 16. The van der Waals surface area contributed by atoms with Crippen LogP contribution in [0, 0.1) is 11.8 Å². The molecule has 9 rings (SSSR count). The maximum atomic E-state index is 15.3. The van der Waals surface area contributed by atoms with E-state index in [-0.39, 0.29) is 75.1 Å². The monoisotopic (exact) mass is 1430 g/mol. The maximum Gasteiger partial charge on any atom is 0.274 e. The summed E-state index contributed by atoms with van der Waals surface area (Å²) in [6, 6.07) is 27.9. The molecule has 0 unspecified atom stereocenters. The molecule has 5 heterocycles. The number of carbonyl (C=O) groups is 12. The smallest absolute Gasteiger partial charge is 0.274 e. The number of nitrogens with one attached hydrogen (secondary N) is 6. The van der Waals surface area contributed by atoms with Crippen molar-refractivity contribution < 1.29 is 67.0 Å². The van der Waals surface area contributed by atoms with Crippen LogP contribution in [0.15, 0.2) is 121 Å². The summed E-state index contributed by atoms with van der Waals surface area (Å²) < 4.78 is 12.5. The van der Waals surface area contributed by atoms with Crippen molar-refractivity contribution in [2.45, 2.75) is 130 Å². The fourth-order valence-electron chi connectivity index (χ4n) is 13.3. The van der Waals surface area contributed by atoms with Crippen molar-refractivity contribution in [3.05, 3.63) is 144 Å². The van der Waals surface area contributed by atoms with Crippen LogP contribution in [0.5, 0.6) is 11.5 Å². The number of para-hydroxylation sites is 2. The van der Waals surface area contributed by atoms with Gasteiger partial charge in [-0.3, -0.25) is 57.5 Å². The topological polar surface area (TPSA) is 341 Å². The molecule has 0 bridgehead atoms. The largest absolute Gasteiger partial charge is 0.486 e. The maximum absolute atomic E-state index is 15.3. The number of nitrogens with zero attached hydrogens (tertiary/aromatic N) is 8. The van der Waals surface area contributed by atoms with Crippen LogP contribution in [0.4, 0.5) is 0 Å². The van der Waals surface area contributed by atoms with Crippen LogP contribution in [-0.2, 0) is 61.2 Å². The van der Waals surface area contributed by atoms with Gasteiger partial charge in [0.1, 0.15) is 49.5 Å². The van der Waals surface area contributed by atoms with Gasteiger partial charge in [0.25, 0.3) is 11.8 Å². The average molecular weight is 1430 g/mol. The SMILES string of the molecule is CCN1CC(=O)N(C)[C@@H](C(C)C)C(=O)NC[C@@H](NC(=O)c2nc3ccccc3cc2OCc2ccccc2)C(=O)N2CCCC[C@H]2C(=O)NCC(=O)N(CC)CC(=O)N(C)[C@@H](C(C)C)C(=O)NC[C@@H](NC(=O)c2nc3ccccc3cc2OCc2ccccc2)C(=O)N2CCCC[C@H]2C(=O)NCC1=O. The highest BCUT2D eigenvalue weighted by molar-refractivity contribution is 6.03. The molecule has 28 nitrogen and oxygen atoms in total. The van der Waals surface area contributed by atoms with Gasteiger partial charge in [0.15, 0.2) is 22.9 Å². The second-order valence-corrected chi connectivity index (χ2v) is 26.9. The number of benzene rings is 4. The van der Waals surface area contributed by atoms with E-state index in [2.05, 4.69) is 41.9 Å². The van der Waals surface area contributed by atoms with Crippen LogP contribution in [-0.4, -0.2) is 226 Å². The van der Waals surface area contributed by atoms with E-state index in [1.54, 1.807) is 102 Å². The number of pyridine rings is 2. The zero-order valence-corrected chi connectivity index (χ0v) is 60.2. The quantitative estimate of drug-likeness (QED) is 0.0905. The molecule has 12 amide bonds.